The highest BCUT2D eigenvalue weighted by Crippen LogP contribution is 2.20. The molecule has 2 atom stereocenters. The lowest BCUT2D eigenvalue weighted by atomic mass is 10.1. The molecule has 0 saturated carbocycles. The Bertz CT molecular complexity index is 669. The molecule has 0 unspecified atom stereocenters. The zero-order chi connectivity index (χ0) is 19.4. The number of carbonyl (C=O) groups is 3. The van der Waals surface area contributed by atoms with E-state index in [4.69, 9.17) is 14.9 Å². The molecule has 0 aromatic carbocycles. The van der Waals surface area contributed by atoms with Gasteiger partial charge in [-0.05, 0) is 25.6 Å². The smallest absolute Gasteiger partial charge is 0.312 e. The molecular formula is C18H26N4O5. The highest BCUT2D eigenvalue weighted by atomic mass is 16.5. The van der Waals surface area contributed by atoms with Crippen LogP contribution in [0.2, 0.25) is 0 Å². The Labute approximate surface area is 158 Å². The third-order valence-corrected chi connectivity index (χ3v) is 5.12. The Kier molecular flexibility index (Phi) is 6.12. The molecule has 0 spiro atoms. The summed E-state index contributed by atoms with van der Waals surface area (Å²) in [6.07, 6.45) is 1.32. The number of hydrogen-bond acceptors (Lipinski definition) is 6. The van der Waals surface area contributed by atoms with Crippen molar-refractivity contribution in [1.29, 1.82) is 0 Å². The van der Waals surface area contributed by atoms with Crippen molar-refractivity contribution < 1.29 is 23.5 Å². The topological polar surface area (TPSA) is 109 Å². The van der Waals surface area contributed by atoms with Gasteiger partial charge in [0.05, 0.1) is 12.4 Å². The maximum atomic E-state index is 12.6. The van der Waals surface area contributed by atoms with Gasteiger partial charge in [0.1, 0.15) is 0 Å². The number of piperazine rings is 1. The number of nitrogens with two attached hydrogens (primary N) is 1. The second-order valence-corrected chi connectivity index (χ2v) is 6.76. The Hall–Kier alpha value is -2.39. The number of amides is 3. The molecule has 2 saturated heterocycles. The minimum absolute atomic E-state index is 0.0458. The quantitative estimate of drug-likeness (QED) is 0.700. The monoisotopic (exact) mass is 378 g/mol. The second-order valence-electron chi connectivity index (χ2n) is 6.76. The van der Waals surface area contributed by atoms with E-state index in [1.165, 1.54) is 16.1 Å². The molecule has 3 amide bonds. The first-order chi connectivity index (χ1) is 13.0. The van der Waals surface area contributed by atoms with Gasteiger partial charge >= 0.3 is 11.8 Å². The van der Waals surface area contributed by atoms with Crippen LogP contribution in [0.25, 0.3) is 0 Å². The SMILES string of the molecule is CCO[C@@H]1CN(C(=O)C(=O)N2CCN(C(=O)c3ccco3)CC2)C[C@H]1CN. The first kappa shape index (κ1) is 19.4. The van der Waals surface area contributed by atoms with Gasteiger partial charge in [-0.3, -0.25) is 14.4 Å². The lowest BCUT2D eigenvalue weighted by molar-refractivity contribution is -0.152. The molecule has 1 aromatic rings. The average Bonchev–Trinajstić information content (AvgIpc) is 3.37. The molecule has 3 heterocycles. The van der Waals surface area contributed by atoms with E-state index in [9.17, 15) is 14.4 Å². The van der Waals surface area contributed by atoms with E-state index in [0.717, 1.165) is 0 Å². The van der Waals surface area contributed by atoms with Gasteiger partial charge < -0.3 is 29.6 Å². The molecule has 0 radical (unpaired) electrons. The molecule has 148 valence electrons. The van der Waals surface area contributed by atoms with Crippen LogP contribution in [0.15, 0.2) is 22.8 Å². The van der Waals surface area contributed by atoms with Gasteiger partial charge in [-0.1, -0.05) is 0 Å². The van der Waals surface area contributed by atoms with Gasteiger partial charge in [-0.2, -0.15) is 0 Å². The van der Waals surface area contributed by atoms with Gasteiger partial charge in [-0.25, -0.2) is 0 Å². The Morgan fingerprint density at radius 2 is 1.78 bits per heavy atom. The molecular weight excluding hydrogens is 352 g/mol. The maximum Gasteiger partial charge on any atom is 0.312 e. The third-order valence-electron chi connectivity index (χ3n) is 5.12. The van der Waals surface area contributed by atoms with Crippen LogP contribution in [0.5, 0.6) is 0 Å². The van der Waals surface area contributed by atoms with E-state index < -0.39 is 11.8 Å². The minimum Gasteiger partial charge on any atom is -0.459 e. The van der Waals surface area contributed by atoms with Crippen LogP contribution in [0.1, 0.15) is 17.5 Å². The fourth-order valence-electron chi connectivity index (χ4n) is 3.58. The molecule has 0 bridgehead atoms. The van der Waals surface area contributed by atoms with E-state index in [-0.39, 0.29) is 23.7 Å². The summed E-state index contributed by atoms with van der Waals surface area (Å²) >= 11 is 0. The fraction of sp³-hybridized carbons (Fsp3) is 0.611. The summed E-state index contributed by atoms with van der Waals surface area (Å²) in [4.78, 5) is 42.1. The Morgan fingerprint density at radius 3 is 2.37 bits per heavy atom. The minimum atomic E-state index is -0.534. The number of likely N-dealkylation sites (tertiary alicyclic amines) is 1. The average molecular weight is 378 g/mol. The third kappa shape index (κ3) is 4.14. The first-order valence-electron chi connectivity index (χ1n) is 9.27. The van der Waals surface area contributed by atoms with Crippen LogP contribution in [0.4, 0.5) is 0 Å². The number of ether oxygens (including phenoxy) is 1. The van der Waals surface area contributed by atoms with Gasteiger partial charge in [0.2, 0.25) is 0 Å². The van der Waals surface area contributed by atoms with Crippen LogP contribution in [0.3, 0.4) is 0 Å². The molecule has 0 aliphatic carbocycles. The summed E-state index contributed by atoms with van der Waals surface area (Å²) < 4.78 is 10.8. The van der Waals surface area contributed by atoms with Gasteiger partial charge in [0, 0.05) is 51.8 Å². The zero-order valence-electron chi connectivity index (χ0n) is 15.5. The summed E-state index contributed by atoms with van der Waals surface area (Å²) in [5, 5.41) is 0. The van der Waals surface area contributed by atoms with Crippen molar-refractivity contribution in [1.82, 2.24) is 14.7 Å². The van der Waals surface area contributed by atoms with Crippen LogP contribution in [-0.4, -0.2) is 90.9 Å². The number of hydrogen-bond donors (Lipinski definition) is 1. The van der Waals surface area contributed by atoms with E-state index in [1.807, 2.05) is 6.92 Å². The maximum absolute atomic E-state index is 12.6. The predicted octanol–water partition coefficient (Wildman–Crippen LogP) is -0.614. The summed E-state index contributed by atoms with van der Waals surface area (Å²) in [5.74, 6) is -0.944. The van der Waals surface area contributed by atoms with Crippen molar-refractivity contribution in [3.05, 3.63) is 24.2 Å². The molecule has 1 aromatic heterocycles. The fourth-order valence-corrected chi connectivity index (χ4v) is 3.58. The number of carbonyl (C=O) groups excluding carboxylic acids is 3. The van der Waals surface area contributed by atoms with Gasteiger partial charge in [0.15, 0.2) is 5.76 Å². The highest BCUT2D eigenvalue weighted by Gasteiger charge is 2.39. The second kappa shape index (κ2) is 8.53. The lowest BCUT2D eigenvalue weighted by Crippen LogP contribution is -2.54. The number of nitrogens with zero attached hydrogens (tertiary/aromatic N) is 3. The molecule has 2 fully saturated rings. The molecule has 2 aliphatic heterocycles. The number of rotatable bonds is 4. The van der Waals surface area contributed by atoms with Crippen LogP contribution < -0.4 is 5.73 Å². The van der Waals surface area contributed by atoms with Crippen LogP contribution in [-0.2, 0) is 14.3 Å². The Balaban J connectivity index is 1.53. The van der Waals surface area contributed by atoms with E-state index in [2.05, 4.69) is 0 Å². The molecule has 2 aliphatic rings. The van der Waals surface area contributed by atoms with Crippen LogP contribution in [0, 0.1) is 5.92 Å². The lowest BCUT2D eigenvalue weighted by Gasteiger charge is -2.34. The summed E-state index contributed by atoms with van der Waals surface area (Å²) in [7, 11) is 0. The molecule has 9 nitrogen and oxygen atoms in total. The van der Waals surface area contributed by atoms with E-state index >= 15 is 0 Å². The Morgan fingerprint density at radius 1 is 1.11 bits per heavy atom. The van der Waals surface area contributed by atoms with Crippen molar-refractivity contribution in [2.24, 2.45) is 11.7 Å². The van der Waals surface area contributed by atoms with E-state index in [0.29, 0.717) is 52.4 Å². The van der Waals surface area contributed by atoms with Gasteiger partial charge in [0.25, 0.3) is 5.91 Å². The summed E-state index contributed by atoms with van der Waals surface area (Å²) in [5.41, 5.74) is 5.76. The van der Waals surface area contributed by atoms with Crippen molar-refractivity contribution in [2.75, 3.05) is 52.4 Å². The van der Waals surface area contributed by atoms with Gasteiger partial charge in [-0.15, -0.1) is 0 Å². The summed E-state index contributed by atoms with van der Waals surface area (Å²) in [6, 6.07) is 3.27. The predicted molar refractivity (Wildman–Crippen MR) is 95.7 cm³/mol. The molecule has 27 heavy (non-hydrogen) atoms. The summed E-state index contributed by atoms with van der Waals surface area (Å²) in [6.45, 7) is 5.04. The van der Waals surface area contributed by atoms with Crippen molar-refractivity contribution in [2.45, 2.75) is 13.0 Å². The van der Waals surface area contributed by atoms with Crippen molar-refractivity contribution in [3.8, 4) is 0 Å². The normalized spacial score (nSPS) is 23.0. The molecule has 3 rings (SSSR count). The van der Waals surface area contributed by atoms with Crippen molar-refractivity contribution in [3.63, 3.8) is 0 Å². The molecule has 2 N–H and O–H groups in total. The molecule has 9 heteroatoms. The largest absolute Gasteiger partial charge is 0.459 e. The van der Waals surface area contributed by atoms with Crippen molar-refractivity contribution >= 4 is 17.7 Å². The first-order valence-corrected chi connectivity index (χ1v) is 9.27. The number of furan rings is 1. The standard InChI is InChI=1S/C18H26N4O5/c1-2-26-15-12-22(11-13(15)10-19)18(25)17(24)21-7-5-20(6-8-21)16(23)14-4-3-9-27-14/h3-4,9,13,15H,2,5-8,10-12,19H2,1H3/t13-,15-/m1/s1. The van der Waals surface area contributed by atoms with Crippen LogP contribution >= 0.6 is 0 Å². The zero-order valence-corrected chi connectivity index (χ0v) is 15.5. The highest BCUT2D eigenvalue weighted by molar-refractivity contribution is 6.35. The van der Waals surface area contributed by atoms with E-state index in [1.54, 1.807) is 17.0 Å².